The molecule has 0 N–H and O–H groups in total. The fourth-order valence-corrected chi connectivity index (χ4v) is 4.21. The van der Waals surface area contributed by atoms with Gasteiger partial charge < -0.3 is 0 Å². The molecule has 23 heavy (non-hydrogen) atoms. The van der Waals surface area contributed by atoms with Gasteiger partial charge in [-0.3, -0.25) is 9.20 Å². The van der Waals surface area contributed by atoms with Crippen molar-refractivity contribution in [2.24, 2.45) is 0 Å². The molecule has 4 rings (SSSR count). The molecule has 0 bridgehead atoms. The number of aryl methyl sites for hydroxylation is 1. The van der Waals surface area contributed by atoms with Gasteiger partial charge in [-0.1, -0.05) is 55.4 Å². The average molecular weight is 322 g/mol. The monoisotopic (exact) mass is 322 g/mol. The van der Waals surface area contributed by atoms with Crippen molar-refractivity contribution >= 4 is 37.3 Å². The van der Waals surface area contributed by atoms with Crippen LogP contribution in [0, 0.1) is 0 Å². The number of thiazole rings is 1. The highest BCUT2D eigenvalue weighted by molar-refractivity contribution is 7.23. The molecule has 116 valence electrons. The van der Waals surface area contributed by atoms with Crippen molar-refractivity contribution in [1.82, 2.24) is 9.38 Å². The lowest BCUT2D eigenvalue weighted by Crippen LogP contribution is -2.10. The van der Waals surface area contributed by atoms with Gasteiger partial charge in [0.25, 0.3) is 5.56 Å². The summed E-state index contributed by atoms with van der Waals surface area (Å²) in [4.78, 5) is 16.9. The second-order valence-electron chi connectivity index (χ2n) is 5.93. The highest BCUT2D eigenvalue weighted by atomic mass is 32.1. The number of benzene rings is 2. The molecule has 3 nitrogen and oxygen atoms in total. The second kappa shape index (κ2) is 5.78. The van der Waals surface area contributed by atoms with Crippen LogP contribution in [0.25, 0.3) is 25.9 Å². The van der Waals surface area contributed by atoms with E-state index >= 15 is 0 Å². The van der Waals surface area contributed by atoms with Gasteiger partial charge in [0.1, 0.15) is 0 Å². The summed E-state index contributed by atoms with van der Waals surface area (Å²) in [5.41, 5.74) is 2.10. The van der Waals surface area contributed by atoms with Crippen molar-refractivity contribution in [1.29, 1.82) is 0 Å². The zero-order valence-corrected chi connectivity index (χ0v) is 13.9. The molecule has 0 atom stereocenters. The number of aromatic nitrogens is 2. The Bertz CT molecular complexity index is 1060. The van der Waals surface area contributed by atoms with Gasteiger partial charge in [0.05, 0.1) is 10.2 Å². The Morgan fingerprint density at radius 3 is 2.65 bits per heavy atom. The van der Waals surface area contributed by atoms with Crippen LogP contribution in [0.3, 0.4) is 0 Å². The zero-order chi connectivity index (χ0) is 15.8. The predicted molar refractivity (Wildman–Crippen MR) is 97.6 cm³/mol. The molecule has 0 unspecified atom stereocenters. The fourth-order valence-electron chi connectivity index (χ4n) is 3.14. The van der Waals surface area contributed by atoms with E-state index in [-0.39, 0.29) is 5.56 Å². The van der Waals surface area contributed by atoms with Gasteiger partial charge in [0, 0.05) is 11.8 Å². The van der Waals surface area contributed by atoms with E-state index in [2.05, 4.69) is 52.7 Å². The minimum Gasteiger partial charge on any atom is -0.288 e. The molecule has 0 spiro atoms. The van der Waals surface area contributed by atoms with Gasteiger partial charge >= 0.3 is 0 Å². The maximum atomic E-state index is 11.9. The number of hydrogen-bond acceptors (Lipinski definition) is 3. The van der Waals surface area contributed by atoms with E-state index < -0.39 is 0 Å². The Kier molecular flexibility index (Phi) is 3.62. The topological polar surface area (TPSA) is 34.4 Å². The van der Waals surface area contributed by atoms with Gasteiger partial charge in [-0.25, -0.2) is 0 Å². The van der Waals surface area contributed by atoms with Gasteiger partial charge in [0.2, 0.25) is 0 Å². The first-order valence-corrected chi connectivity index (χ1v) is 8.92. The van der Waals surface area contributed by atoms with E-state index in [1.165, 1.54) is 28.3 Å². The molecule has 4 aromatic rings. The summed E-state index contributed by atoms with van der Waals surface area (Å²) in [6.07, 6.45) is 4.39. The lowest BCUT2D eigenvalue weighted by atomic mass is 10.1. The van der Waals surface area contributed by atoms with Crippen molar-refractivity contribution in [2.75, 3.05) is 0 Å². The second-order valence-corrected chi connectivity index (χ2v) is 6.94. The molecule has 2 aromatic heterocycles. The van der Waals surface area contributed by atoms with E-state index in [1.807, 2.05) is 0 Å². The minimum absolute atomic E-state index is 0.132. The normalized spacial score (nSPS) is 11.7. The Labute approximate surface area is 138 Å². The Balaban J connectivity index is 2.00. The molecular formula is C19H18N2OS. The fraction of sp³-hybridized carbons (Fsp3) is 0.263. The van der Waals surface area contributed by atoms with Crippen LogP contribution in [-0.4, -0.2) is 9.38 Å². The number of unbranched alkanes of at least 4 members (excludes halogenated alkanes) is 2. The number of fused-ring (bicyclic) bond motifs is 4. The largest absolute Gasteiger partial charge is 0.288 e. The summed E-state index contributed by atoms with van der Waals surface area (Å²) in [6, 6.07) is 14.5. The van der Waals surface area contributed by atoms with Crippen molar-refractivity contribution in [3.63, 3.8) is 0 Å². The molecular weight excluding hydrogens is 304 g/mol. The third-order valence-electron chi connectivity index (χ3n) is 4.28. The number of rotatable bonds is 4. The van der Waals surface area contributed by atoms with E-state index in [9.17, 15) is 4.79 Å². The molecule has 0 aliphatic heterocycles. The van der Waals surface area contributed by atoms with E-state index in [4.69, 9.17) is 0 Å². The highest BCUT2D eigenvalue weighted by Crippen LogP contribution is 2.30. The molecule has 0 fully saturated rings. The summed E-state index contributed by atoms with van der Waals surface area (Å²) in [5, 5.41) is 2.44. The molecule has 0 aliphatic rings. The molecule has 0 aliphatic carbocycles. The Morgan fingerprint density at radius 2 is 1.87 bits per heavy atom. The first kappa shape index (κ1) is 14.4. The smallest absolute Gasteiger partial charge is 0.274 e. The van der Waals surface area contributed by atoms with E-state index in [0.717, 1.165) is 29.0 Å². The van der Waals surface area contributed by atoms with Crippen LogP contribution in [0.5, 0.6) is 0 Å². The van der Waals surface area contributed by atoms with Crippen molar-refractivity contribution < 1.29 is 0 Å². The summed E-state index contributed by atoms with van der Waals surface area (Å²) < 4.78 is 3.35. The van der Waals surface area contributed by atoms with Crippen LogP contribution in [-0.2, 0) is 6.42 Å². The average Bonchev–Trinajstić information content (AvgIpc) is 2.89. The number of hydrogen-bond donors (Lipinski definition) is 0. The lowest BCUT2D eigenvalue weighted by molar-refractivity contribution is 0.702. The molecule has 2 aromatic carbocycles. The van der Waals surface area contributed by atoms with Crippen molar-refractivity contribution in [3.8, 4) is 0 Å². The van der Waals surface area contributed by atoms with E-state index in [0.29, 0.717) is 0 Å². The molecule has 0 amide bonds. The Hall–Kier alpha value is -2.20. The van der Waals surface area contributed by atoms with Gasteiger partial charge in [-0.05, 0) is 35.7 Å². The minimum atomic E-state index is -0.132. The van der Waals surface area contributed by atoms with Crippen molar-refractivity contribution in [2.45, 2.75) is 32.6 Å². The standard InChI is InChI=1S/C19H18N2OS/c1-2-3-4-9-15-12-18(22)20-19-21(15)16-10-13-7-5-6-8-14(13)11-17(16)23-19/h5-8,10-12H,2-4,9H2,1H3. The quantitative estimate of drug-likeness (QED) is 0.506. The maximum absolute atomic E-state index is 11.9. The summed E-state index contributed by atoms with van der Waals surface area (Å²) >= 11 is 1.60. The van der Waals surface area contributed by atoms with Gasteiger partial charge in [-0.2, -0.15) is 4.98 Å². The van der Waals surface area contributed by atoms with Crippen LogP contribution >= 0.6 is 11.3 Å². The van der Waals surface area contributed by atoms with Crippen LogP contribution in [0.15, 0.2) is 47.3 Å². The van der Waals surface area contributed by atoms with Crippen LogP contribution < -0.4 is 5.56 Å². The number of nitrogens with zero attached hydrogens (tertiary/aromatic N) is 2. The first-order chi connectivity index (χ1) is 11.3. The molecule has 4 heteroatoms. The molecule has 0 saturated carbocycles. The van der Waals surface area contributed by atoms with Crippen LogP contribution in [0.1, 0.15) is 31.9 Å². The van der Waals surface area contributed by atoms with Crippen molar-refractivity contribution in [3.05, 3.63) is 58.5 Å². The summed E-state index contributed by atoms with van der Waals surface area (Å²) in [6.45, 7) is 2.19. The third kappa shape index (κ3) is 2.53. The Morgan fingerprint density at radius 1 is 1.09 bits per heavy atom. The highest BCUT2D eigenvalue weighted by Gasteiger charge is 2.11. The van der Waals surface area contributed by atoms with E-state index in [1.54, 1.807) is 17.4 Å². The van der Waals surface area contributed by atoms with Gasteiger partial charge in [0.15, 0.2) is 4.96 Å². The van der Waals surface area contributed by atoms with Crippen LogP contribution in [0.2, 0.25) is 0 Å². The maximum Gasteiger partial charge on any atom is 0.274 e. The third-order valence-corrected chi connectivity index (χ3v) is 5.28. The lowest BCUT2D eigenvalue weighted by Gasteiger charge is -2.06. The summed E-state index contributed by atoms with van der Waals surface area (Å²) in [5.74, 6) is 0. The first-order valence-electron chi connectivity index (χ1n) is 8.10. The predicted octanol–water partition coefficient (Wildman–Crippen LogP) is 4.80. The SMILES string of the molecule is CCCCCc1cc(=O)nc2sc3cc4ccccc4cc3n12. The molecule has 2 heterocycles. The molecule has 0 saturated heterocycles. The van der Waals surface area contributed by atoms with Crippen LogP contribution in [0.4, 0.5) is 0 Å². The summed E-state index contributed by atoms with van der Waals surface area (Å²) in [7, 11) is 0. The van der Waals surface area contributed by atoms with Gasteiger partial charge in [-0.15, -0.1) is 0 Å². The molecule has 0 radical (unpaired) electrons. The zero-order valence-electron chi connectivity index (χ0n) is 13.1.